The second-order valence-electron chi connectivity index (χ2n) is 5.42. The van der Waals surface area contributed by atoms with Crippen LogP contribution in [-0.4, -0.2) is 18.4 Å². The Labute approximate surface area is 126 Å². The van der Waals surface area contributed by atoms with Gasteiger partial charge in [0.05, 0.1) is 6.61 Å². The molecule has 2 aliphatic carbocycles. The van der Waals surface area contributed by atoms with E-state index in [1.807, 2.05) is 24.3 Å². The van der Waals surface area contributed by atoms with Crippen molar-refractivity contribution >= 4 is 27.7 Å². The number of Topliss-reactive ketones (excluding diaryl/α,β-unsaturated/α-hetero) is 1. The number of hydrogen-bond acceptors (Lipinski definition) is 3. The number of carbonyl (C=O) groups excluding carboxylic acids is 2. The molecule has 4 heteroatoms. The normalized spacial score (nSPS) is 23.9. The molecule has 3 nitrogen and oxygen atoms in total. The Morgan fingerprint density at radius 1 is 1.40 bits per heavy atom. The molecule has 0 saturated heterocycles. The first-order valence-corrected chi connectivity index (χ1v) is 7.54. The number of ether oxygens (including phenoxy) is 1. The van der Waals surface area contributed by atoms with Gasteiger partial charge >= 0.3 is 5.97 Å². The van der Waals surface area contributed by atoms with Gasteiger partial charge < -0.3 is 4.74 Å². The first-order chi connectivity index (χ1) is 9.55. The second-order valence-corrected chi connectivity index (χ2v) is 6.33. The molecule has 1 aromatic rings. The van der Waals surface area contributed by atoms with Crippen LogP contribution in [0.15, 0.2) is 34.3 Å². The SMILES string of the molecule is CCOC(=O)C1=CCC2(C1)Cc1cc(Br)ccc1C2=O. The highest BCUT2D eigenvalue weighted by Crippen LogP contribution is 2.48. The maximum Gasteiger partial charge on any atom is 0.333 e. The minimum absolute atomic E-state index is 0.163. The Morgan fingerprint density at radius 2 is 2.20 bits per heavy atom. The van der Waals surface area contributed by atoms with Crippen molar-refractivity contribution in [2.45, 2.75) is 26.2 Å². The summed E-state index contributed by atoms with van der Waals surface area (Å²) in [6, 6.07) is 5.77. The fraction of sp³-hybridized carbons (Fsp3) is 0.375. The van der Waals surface area contributed by atoms with E-state index < -0.39 is 5.41 Å². The van der Waals surface area contributed by atoms with E-state index >= 15 is 0 Å². The first kappa shape index (κ1) is 13.6. The van der Waals surface area contributed by atoms with E-state index in [0.717, 1.165) is 15.6 Å². The summed E-state index contributed by atoms with van der Waals surface area (Å²) in [7, 11) is 0. The van der Waals surface area contributed by atoms with Crippen molar-refractivity contribution in [3.8, 4) is 0 Å². The number of benzene rings is 1. The van der Waals surface area contributed by atoms with Gasteiger partial charge in [-0.05, 0) is 49.9 Å². The third-order valence-corrected chi connectivity index (χ3v) is 4.62. The van der Waals surface area contributed by atoms with Crippen molar-refractivity contribution in [2.24, 2.45) is 5.41 Å². The lowest BCUT2D eigenvalue weighted by atomic mass is 9.80. The van der Waals surface area contributed by atoms with Crippen molar-refractivity contribution in [1.29, 1.82) is 0 Å². The minimum atomic E-state index is -0.453. The van der Waals surface area contributed by atoms with Crippen LogP contribution in [0, 0.1) is 5.41 Å². The van der Waals surface area contributed by atoms with Gasteiger partial charge in [-0.15, -0.1) is 0 Å². The van der Waals surface area contributed by atoms with E-state index in [4.69, 9.17) is 4.74 Å². The summed E-state index contributed by atoms with van der Waals surface area (Å²) in [5.74, 6) is -0.120. The smallest absolute Gasteiger partial charge is 0.333 e. The summed E-state index contributed by atoms with van der Waals surface area (Å²) in [6.07, 6.45) is 3.71. The number of hydrogen-bond donors (Lipinski definition) is 0. The number of esters is 1. The zero-order valence-corrected chi connectivity index (χ0v) is 12.8. The van der Waals surface area contributed by atoms with E-state index in [-0.39, 0.29) is 11.8 Å². The molecule has 3 rings (SSSR count). The van der Waals surface area contributed by atoms with E-state index in [1.54, 1.807) is 6.92 Å². The van der Waals surface area contributed by atoms with Crippen LogP contribution in [-0.2, 0) is 16.0 Å². The molecule has 0 aliphatic heterocycles. The van der Waals surface area contributed by atoms with Crippen molar-refractivity contribution in [1.82, 2.24) is 0 Å². The summed E-state index contributed by atoms with van der Waals surface area (Å²) < 4.78 is 6.02. The largest absolute Gasteiger partial charge is 0.463 e. The van der Waals surface area contributed by atoms with Gasteiger partial charge in [0.2, 0.25) is 0 Å². The molecule has 0 radical (unpaired) electrons. The summed E-state index contributed by atoms with van der Waals surface area (Å²) in [5.41, 5.74) is 2.06. The van der Waals surface area contributed by atoms with E-state index in [1.165, 1.54) is 0 Å². The van der Waals surface area contributed by atoms with Crippen LogP contribution in [0.4, 0.5) is 0 Å². The Morgan fingerprint density at radius 3 is 2.95 bits per heavy atom. The van der Waals surface area contributed by atoms with Crippen molar-refractivity contribution in [3.05, 3.63) is 45.4 Å². The molecule has 0 aromatic heterocycles. The molecule has 2 aliphatic rings. The summed E-state index contributed by atoms with van der Waals surface area (Å²) in [6.45, 7) is 2.15. The number of fused-ring (bicyclic) bond motifs is 1. The average Bonchev–Trinajstić information content (AvgIpc) is 2.94. The molecule has 1 atom stereocenters. The van der Waals surface area contributed by atoms with Crippen LogP contribution >= 0.6 is 15.9 Å². The number of halogens is 1. The van der Waals surface area contributed by atoms with Gasteiger partial charge in [-0.1, -0.05) is 22.0 Å². The summed E-state index contributed by atoms with van der Waals surface area (Å²) in [4.78, 5) is 24.5. The van der Waals surface area contributed by atoms with E-state index in [2.05, 4.69) is 15.9 Å². The minimum Gasteiger partial charge on any atom is -0.463 e. The quantitative estimate of drug-likeness (QED) is 0.778. The van der Waals surface area contributed by atoms with Crippen LogP contribution in [0.5, 0.6) is 0 Å². The predicted octanol–water partition coefficient (Wildman–Crippen LogP) is 3.46. The fourth-order valence-corrected chi connectivity index (χ4v) is 3.58. The zero-order chi connectivity index (χ0) is 14.3. The van der Waals surface area contributed by atoms with Crippen molar-refractivity contribution < 1.29 is 14.3 Å². The highest BCUT2D eigenvalue weighted by Gasteiger charge is 2.48. The molecular formula is C16H15BrO3. The lowest BCUT2D eigenvalue weighted by molar-refractivity contribution is -0.138. The van der Waals surface area contributed by atoms with Gasteiger partial charge in [-0.3, -0.25) is 4.79 Å². The Kier molecular flexibility index (Phi) is 3.28. The molecule has 0 saturated carbocycles. The number of allylic oxidation sites excluding steroid dienone is 1. The zero-order valence-electron chi connectivity index (χ0n) is 11.2. The topological polar surface area (TPSA) is 43.4 Å². The predicted molar refractivity (Wildman–Crippen MR) is 78.6 cm³/mol. The molecule has 0 fully saturated rings. The van der Waals surface area contributed by atoms with E-state index in [0.29, 0.717) is 31.4 Å². The van der Waals surface area contributed by atoms with Gasteiger partial charge in [0.15, 0.2) is 5.78 Å². The first-order valence-electron chi connectivity index (χ1n) is 6.75. The molecule has 104 valence electrons. The second kappa shape index (κ2) is 4.85. The molecule has 1 spiro atoms. The highest BCUT2D eigenvalue weighted by molar-refractivity contribution is 9.10. The van der Waals surface area contributed by atoms with Crippen LogP contribution in [0.2, 0.25) is 0 Å². The Bertz CT molecular complexity index is 633. The maximum absolute atomic E-state index is 12.7. The molecule has 0 amide bonds. The highest BCUT2D eigenvalue weighted by atomic mass is 79.9. The van der Waals surface area contributed by atoms with E-state index in [9.17, 15) is 9.59 Å². The number of rotatable bonds is 2. The van der Waals surface area contributed by atoms with Crippen LogP contribution in [0.3, 0.4) is 0 Å². The van der Waals surface area contributed by atoms with Gasteiger partial charge in [0, 0.05) is 21.0 Å². The molecule has 1 unspecified atom stereocenters. The lowest BCUT2D eigenvalue weighted by Gasteiger charge is -2.20. The third-order valence-electron chi connectivity index (χ3n) is 4.13. The van der Waals surface area contributed by atoms with Gasteiger partial charge in [0.25, 0.3) is 0 Å². The number of carbonyl (C=O) groups is 2. The molecule has 1 aromatic carbocycles. The average molecular weight is 335 g/mol. The molecular weight excluding hydrogens is 320 g/mol. The third kappa shape index (κ3) is 2.03. The van der Waals surface area contributed by atoms with Crippen molar-refractivity contribution in [2.75, 3.05) is 6.61 Å². The lowest BCUT2D eigenvalue weighted by Crippen LogP contribution is -2.25. The van der Waals surface area contributed by atoms with Crippen LogP contribution in [0.25, 0.3) is 0 Å². The van der Waals surface area contributed by atoms with Crippen LogP contribution in [0.1, 0.15) is 35.7 Å². The standard InChI is InChI=1S/C16H15BrO3/c1-2-20-15(19)10-5-6-16(8-10)9-11-7-12(17)3-4-13(11)14(16)18/h3-5,7H,2,6,8-9H2,1H3. The van der Waals surface area contributed by atoms with Crippen molar-refractivity contribution in [3.63, 3.8) is 0 Å². The Balaban J connectivity index is 1.85. The molecule has 0 heterocycles. The fourth-order valence-electron chi connectivity index (χ4n) is 3.17. The van der Waals surface area contributed by atoms with Gasteiger partial charge in [-0.25, -0.2) is 4.79 Å². The monoisotopic (exact) mass is 334 g/mol. The summed E-state index contributed by atoms with van der Waals surface area (Å²) >= 11 is 3.44. The maximum atomic E-state index is 12.7. The Hall–Kier alpha value is -1.42. The molecule has 0 bridgehead atoms. The molecule has 0 N–H and O–H groups in total. The van der Waals surface area contributed by atoms with Gasteiger partial charge in [-0.2, -0.15) is 0 Å². The summed E-state index contributed by atoms with van der Waals surface area (Å²) in [5, 5.41) is 0. The van der Waals surface area contributed by atoms with Crippen LogP contribution < -0.4 is 0 Å². The number of ketones is 1. The molecule has 20 heavy (non-hydrogen) atoms. The van der Waals surface area contributed by atoms with Gasteiger partial charge in [0.1, 0.15) is 0 Å².